The van der Waals surface area contributed by atoms with Crippen LogP contribution >= 0.6 is 0 Å². The SMILES string of the molecule is CC(=CCCC1(C)OC2(C)CCC1C2C)CO. The molecule has 2 nitrogen and oxygen atoms in total. The van der Waals surface area contributed by atoms with E-state index in [9.17, 15) is 0 Å². The average Bonchev–Trinajstić information content (AvgIpc) is 2.64. The van der Waals surface area contributed by atoms with Gasteiger partial charge in [0, 0.05) is 0 Å². The molecule has 98 valence electrons. The molecule has 2 rings (SSSR count). The summed E-state index contributed by atoms with van der Waals surface area (Å²) in [6.07, 6.45) is 6.78. The number of hydrogen-bond acceptors (Lipinski definition) is 2. The van der Waals surface area contributed by atoms with E-state index < -0.39 is 0 Å². The molecule has 4 atom stereocenters. The van der Waals surface area contributed by atoms with Crippen LogP contribution in [0.2, 0.25) is 0 Å². The van der Waals surface area contributed by atoms with E-state index in [0.29, 0.717) is 5.92 Å². The lowest BCUT2D eigenvalue weighted by Crippen LogP contribution is -2.38. The van der Waals surface area contributed by atoms with Crippen molar-refractivity contribution in [3.05, 3.63) is 11.6 Å². The number of fused-ring (bicyclic) bond motifs is 2. The van der Waals surface area contributed by atoms with Gasteiger partial charge in [-0.15, -0.1) is 0 Å². The van der Waals surface area contributed by atoms with E-state index in [1.54, 1.807) is 0 Å². The van der Waals surface area contributed by atoms with Crippen molar-refractivity contribution in [3.63, 3.8) is 0 Å². The minimum atomic E-state index is 0.0542. The second kappa shape index (κ2) is 4.40. The number of allylic oxidation sites excluding steroid dienone is 1. The molecule has 0 aromatic heterocycles. The molecule has 17 heavy (non-hydrogen) atoms. The number of rotatable bonds is 4. The molecular formula is C15H26O2. The van der Waals surface area contributed by atoms with Crippen LogP contribution in [-0.2, 0) is 4.74 Å². The van der Waals surface area contributed by atoms with Crippen molar-refractivity contribution in [2.45, 2.75) is 64.6 Å². The van der Waals surface area contributed by atoms with Gasteiger partial charge in [0.25, 0.3) is 0 Å². The van der Waals surface area contributed by atoms with Gasteiger partial charge in [0.15, 0.2) is 0 Å². The lowest BCUT2D eigenvalue weighted by atomic mass is 9.80. The summed E-state index contributed by atoms with van der Waals surface area (Å²) in [6, 6.07) is 0. The highest BCUT2D eigenvalue weighted by Gasteiger charge is 2.59. The van der Waals surface area contributed by atoms with Gasteiger partial charge in [0.2, 0.25) is 0 Å². The smallest absolute Gasteiger partial charge is 0.0696 e. The van der Waals surface area contributed by atoms with Crippen molar-refractivity contribution in [2.75, 3.05) is 6.61 Å². The Bertz CT molecular complexity index is 323. The van der Waals surface area contributed by atoms with Crippen molar-refractivity contribution in [3.8, 4) is 0 Å². The van der Waals surface area contributed by atoms with Gasteiger partial charge in [-0.2, -0.15) is 0 Å². The van der Waals surface area contributed by atoms with Crippen LogP contribution in [-0.4, -0.2) is 22.9 Å². The number of hydrogen-bond donors (Lipinski definition) is 1. The summed E-state index contributed by atoms with van der Waals surface area (Å²) in [5.74, 6) is 1.41. The van der Waals surface area contributed by atoms with Gasteiger partial charge in [-0.1, -0.05) is 18.6 Å². The van der Waals surface area contributed by atoms with E-state index in [4.69, 9.17) is 9.84 Å². The summed E-state index contributed by atoms with van der Waals surface area (Å²) in [7, 11) is 0. The van der Waals surface area contributed by atoms with Crippen LogP contribution in [0.5, 0.6) is 0 Å². The Kier molecular flexibility index (Phi) is 3.39. The van der Waals surface area contributed by atoms with E-state index >= 15 is 0 Å². The Hall–Kier alpha value is -0.340. The molecule has 0 aromatic carbocycles. The van der Waals surface area contributed by atoms with Crippen LogP contribution < -0.4 is 0 Å². The third-order valence-corrected chi connectivity index (χ3v) is 5.15. The predicted octanol–water partition coefficient (Wildman–Crippen LogP) is 3.30. The van der Waals surface area contributed by atoms with E-state index in [0.717, 1.165) is 24.3 Å². The number of aliphatic hydroxyl groups excluding tert-OH is 1. The average molecular weight is 238 g/mol. The zero-order chi connectivity index (χ0) is 12.7. The van der Waals surface area contributed by atoms with Gasteiger partial charge in [-0.05, 0) is 58.3 Å². The fourth-order valence-electron chi connectivity index (χ4n) is 3.84. The summed E-state index contributed by atoms with van der Waals surface area (Å²) in [5, 5.41) is 8.98. The van der Waals surface area contributed by atoms with Gasteiger partial charge >= 0.3 is 0 Å². The number of aliphatic hydroxyl groups is 1. The van der Waals surface area contributed by atoms with Gasteiger partial charge in [0.1, 0.15) is 0 Å². The third kappa shape index (κ3) is 2.17. The number of ether oxygens (including phenoxy) is 1. The van der Waals surface area contributed by atoms with Gasteiger partial charge in [-0.3, -0.25) is 0 Å². The first-order valence-corrected chi connectivity index (χ1v) is 6.88. The molecule has 2 fully saturated rings. The molecule has 0 spiro atoms. The highest BCUT2D eigenvalue weighted by Crippen LogP contribution is 2.58. The quantitative estimate of drug-likeness (QED) is 0.761. The second-order valence-corrected chi connectivity index (χ2v) is 6.41. The normalized spacial score (nSPS) is 45.6. The highest BCUT2D eigenvalue weighted by molar-refractivity contribution is 5.09. The summed E-state index contributed by atoms with van der Waals surface area (Å²) in [5.41, 5.74) is 1.24. The van der Waals surface area contributed by atoms with Gasteiger partial charge in [-0.25, -0.2) is 0 Å². The Labute approximate surface area is 105 Å². The van der Waals surface area contributed by atoms with Crippen LogP contribution in [0, 0.1) is 11.8 Å². The summed E-state index contributed by atoms with van der Waals surface area (Å²) < 4.78 is 6.37. The molecule has 2 heteroatoms. The van der Waals surface area contributed by atoms with Crippen LogP contribution in [0.1, 0.15) is 53.4 Å². The summed E-state index contributed by atoms with van der Waals surface area (Å²) in [4.78, 5) is 0. The summed E-state index contributed by atoms with van der Waals surface area (Å²) >= 11 is 0. The maximum Gasteiger partial charge on any atom is 0.0696 e. The van der Waals surface area contributed by atoms with Crippen molar-refractivity contribution < 1.29 is 9.84 Å². The van der Waals surface area contributed by atoms with Crippen molar-refractivity contribution in [2.24, 2.45) is 11.8 Å². The van der Waals surface area contributed by atoms with Crippen molar-refractivity contribution in [1.29, 1.82) is 0 Å². The highest BCUT2D eigenvalue weighted by atomic mass is 16.5. The van der Waals surface area contributed by atoms with Crippen LogP contribution in [0.3, 0.4) is 0 Å². The molecule has 1 heterocycles. The fraction of sp³-hybridized carbons (Fsp3) is 0.867. The lowest BCUT2D eigenvalue weighted by molar-refractivity contribution is -0.127. The molecule has 2 bridgehead atoms. The monoisotopic (exact) mass is 238 g/mol. The molecule has 1 aliphatic heterocycles. The fourth-order valence-corrected chi connectivity index (χ4v) is 3.84. The van der Waals surface area contributed by atoms with Gasteiger partial charge in [0.05, 0.1) is 17.8 Å². The zero-order valence-corrected chi connectivity index (χ0v) is 11.6. The zero-order valence-electron chi connectivity index (χ0n) is 11.6. The first-order chi connectivity index (χ1) is 7.91. The lowest BCUT2D eigenvalue weighted by Gasteiger charge is -2.37. The maximum absolute atomic E-state index is 8.98. The Balaban J connectivity index is 1.98. The van der Waals surface area contributed by atoms with Crippen LogP contribution in [0.15, 0.2) is 11.6 Å². The third-order valence-electron chi connectivity index (χ3n) is 5.15. The predicted molar refractivity (Wildman–Crippen MR) is 69.9 cm³/mol. The Morgan fingerprint density at radius 1 is 1.47 bits per heavy atom. The van der Waals surface area contributed by atoms with Gasteiger partial charge < -0.3 is 9.84 Å². The minimum Gasteiger partial charge on any atom is -0.392 e. The second-order valence-electron chi connectivity index (χ2n) is 6.41. The topological polar surface area (TPSA) is 29.5 Å². The Morgan fingerprint density at radius 2 is 2.18 bits per heavy atom. The van der Waals surface area contributed by atoms with Crippen LogP contribution in [0.25, 0.3) is 0 Å². The van der Waals surface area contributed by atoms with E-state index in [-0.39, 0.29) is 17.8 Å². The molecule has 0 amide bonds. The standard InChI is InChI=1S/C15H26O2/c1-11(10-16)6-5-8-15(4)13-7-9-14(3,17-15)12(13)2/h6,12-13,16H,5,7-10H2,1-4H3. The molecule has 0 aromatic rings. The molecule has 2 aliphatic rings. The van der Waals surface area contributed by atoms with Crippen LogP contribution in [0.4, 0.5) is 0 Å². The van der Waals surface area contributed by atoms with E-state index in [1.165, 1.54) is 12.8 Å². The Morgan fingerprint density at radius 3 is 2.65 bits per heavy atom. The van der Waals surface area contributed by atoms with Crippen molar-refractivity contribution >= 4 is 0 Å². The largest absolute Gasteiger partial charge is 0.392 e. The van der Waals surface area contributed by atoms with E-state index in [1.807, 2.05) is 6.92 Å². The maximum atomic E-state index is 8.98. The molecule has 1 aliphatic carbocycles. The van der Waals surface area contributed by atoms with E-state index in [2.05, 4.69) is 26.8 Å². The molecule has 4 unspecified atom stereocenters. The minimum absolute atomic E-state index is 0.0542. The molecule has 1 N–H and O–H groups in total. The first-order valence-electron chi connectivity index (χ1n) is 6.88. The molecule has 1 saturated carbocycles. The molecular weight excluding hydrogens is 212 g/mol. The molecule has 0 radical (unpaired) electrons. The molecule has 1 saturated heterocycles. The summed E-state index contributed by atoms with van der Waals surface area (Å²) in [6.45, 7) is 9.05. The first kappa shape index (κ1) is 13.1. The van der Waals surface area contributed by atoms with Crippen molar-refractivity contribution in [1.82, 2.24) is 0 Å².